The Bertz CT molecular complexity index is 793. The minimum atomic E-state index is -0.330. The van der Waals surface area contributed by atoms with Crippen molar-refractivity contribution < 1.29 is 18.7 Å². The maximum Gasteiger partial charge on any atom is 0.319 e. The van der Waals surface area contributed by atoms with Gasteiger partial charge in [0.15, 0.2) is 6.79 Å². The molecule has 6 heteroatoms. The van der Waals surface area contributed by atoms with Gasteiger partial charge in [-0.25, -0.2) is 9.18 Å². The van der Waals surface area contributed by atoms with E-state index < -0.39 is 0 Å². The Balaban J connectivity index is 1.59. The van der Waals surface area contributed by atoms with Gasteiger partial charge in [-0.05, 0) is 41.7 Å². The number of fused-ring (bicyclic) bond motifs is 1. The van der Waals surface area contributed by atoms with Gasteiger partial charge in [0.25, 0.3) is 0 Å². The van der Waals surface area contributed by atoms with Gasteiger partial charge in [-0.1, -0.05) is 32.0 Å². The molecule has 2 amide bonds. The van der Waals surface area contributed by atoms with Crippen molar-refractivity contribution >= 4 is 11.7 Å². The topological polar surface area (TPSA) is 59.6 Å². The molecule has 0 bridgehead atoms. The molecule has 0 aliphatic carbocycles. The van der Waals surface area contributed by atoms with Gasteiger partial charge < -0.3 is 20.1 Å². The number of anilines is 1. The van der Waals surface area contributed by atoms with Crippen LogP contribution in [0.15, 0.2) is 36.4 Å². The third-order valence-electron chi connectivity index (χ3n) is 4.26. The first-order chi connectivity index (χ1) is 12.5. The van der Waals surface area contributed by atoms with Crippen molar-refractivity contribution in [2.24, 2.45) is 0 Å². The van der Waals surface area contributed by atoms with E-state index in [4.69, 9.17) is 9.47 Å². The van der Waals surface area contributed by atoms with E-state index in [-0.39, 0.29) is 18.6 Å². The number of hydrogen-bond donors (Lipinski definition) is 2. The second-order valence-corrected chi connectivity index (χ2v) is 6.54. The first-order valence-corrected chi connectivity index (χ1v) is 8.70. The molecule has 3 rings (SSSR count). The summed E-state index contributed by atoms with van der Waals surface area (Å²) in [7, 11) is 0. The summed E-state index contributed by atoms with van der Waals surface area (Å²) < 4.78 is 24.4. The van der Waals surface area contributed by atoms with Crippen molar-refractivity contribution in [3.05, 3.63) is 58.9 Å². The molecule has 2 aromatic rings. The minimum Gasteiger partial charge on any atom is -0.467 e. The monoisotopic (exact) mass is 358 g/mol. The molecule has 5 nitrogen and oxygen atoms in total. The van der Waals surface area contributed by atoms with Crippen LogP contribution in [0, 0.1) is 5.82 Å². The van der Waals surface area contributed by atoms with Crippen molar-refractivity contribution in [3.8, 4) is 5.75 Å². The average molecular weight is 358 g/mol. The van der Waals surface area contributed by atoms with E-state index in [9.17, 15) is 9.18 Å². The molecule has 1 aliphatic rings. The molecule has 1 heterocycles. The number of benzene rings is 2. The quantitative estimate of drug-likeness (QED) is 0.843. The summed E-state index contributed by atoms with van der Waals surface area (Å²) in [6.45, 7) is 5.02. The Hall–Kier alpha value is -2.60. The first-order valence-electron chi connectivity index (χ1n) is 8.70. The summed E-state index contributed by atoms with van der Waals surface area (Å²) in [6, 6.07) is 10.3. The summed E-state index contributed by atoms with van der Waals surface area (Å²) in [5, 5.41) is 5.69. The molecule has 0 spiro atoms. The molecule has 0 unspecified atom stereocenters. The van der Waals surface area contributed by atoms with Gasteiger partial charge in [0, 0.05) is 17.8 Å². The zero-order chi connectivity index (χ0) is 18.5. The molecule has 0 saturated carbocycles. The van der Waals surface area contributed by atoms with Crippen molar-refractivity contribution in [2.75, 3.05) is 18.7 Å². The second kappa shape index (κ2) is 8.19. The van der Waals surface area contributed by atoms with Crippen LogP contribution in [0.3, 0.4) is 0 Å². The summed E-state index contributed by atoms with van der Waals surface area (Å²) >= 11 is 0. The maximum absolute atomic E-state index is 13.7. The van der Waals surface area contributed by atoms with Crippen molar-refractivity contribution in [1.82, 2.24) is 5.32 Å². The number of para-hydroxylation sites is 1. The average Bonchev–Trinajstić information content (AvgIpc) is 2.61. The van der Waals surface area contributed by atoms with Crippen LogP contribution in [0.5, 0.6) is 5.75 Å². The molecular weight excluding hydrogens is 335 g/mol. The lowest BCUT2D eigenvalue weighted by atomic mass is 10.0. The molecule has 0 saturated heterocycles. The minimum absolute atomic E-state index is 0.158. The lowest BCUT2D eigenvalue weighted by Crippen LogP contribution is -2.31. The van der Waals surface area contributed by atoms with Crippen molar-refractivity contribution in [2.45, 2.75) is 32.8 Å². The molecule has 0 atom stereocenters. The van der Waals surface area contributed by atoms with E-state index in [2.05, 4.69) is 24.5 Å². The fourth-order valence-electron chi connectivity index (χ4n) is 3.03. The standard InChI is InChI=1S/C20H23FN2O3/c1-13(2)17-5-3-4-6-18(17)23-20(24)22-8-7-14-9-16(21)10-15-11-25-12-26-19(14)15/h3-6,9-10,13H,7-8,11-12H2,1-2H3,(H2,22,23,24). The van der Waals surface area contributed by atoms with Crippen LogP contribution in [-0.4, -0.2) is 19.4 Å². The normalized spacial score (nSPS) is 13.1. The fraction of sp³-hybridized carbons (Fsp3) is 0.350. The van der Waals surface area contributed by atoms with Crippen molar-refractivity contribution in [1.29, 1.82) is 0 Å². The van der Waals surface area contributed by atoms with Crippen LogP contribution < -0.4 is 15.4 Å². The van der Waals surface area contributed by atoms with E-state index in [1.807, 2.05) is 24.3 Å². The number of ether oxygens (including phenoxy) is 2. The van der Waals surface area contributed by atoms with Crippen LogP contribution >= 0.6 is 0 Å². The first kappa shape index (κ1) is 18.2. The summed E-state index contributed by atoms with van der Waals surface area (Å²) in [5.41, 5.74) is 3.30. The number of urea groups is 1. The molecule has 1 aliphatic heterocycles. The van der Waals surface area contributed by atoms with E-state index in [0.29, 0.717) is 36.8 Å². The van der Waals surface area contributed by atoms with Gasteiger partial charge in [-0.15, -0.1) is 0 Å². The van der Waals surface area contributed by atoms with Gasteiger partial charge in [-0.3, -0.25) is 0 Å². The molecular formula is C20H23FN2O3. The largest absolute Gasteiger partial charge is 0.467 e. The third-order valence-corrected chi connectivity index (χ3v) is 4.26. The lowest BCUT2D eigenvalue weighted by molar-refractivity contribution is -0.0172. The summed E-state index contributed by atoms with van der Waals surface area (Å²) in [5.74, 6) is 0.637. The highest BCUT2D eigenvalue weighted by atomic mass is 19.1. The van der Waals surface area contributed by atoms with Crippen LogP contribution in [-0.2, 0) is 17.8 Å². The number of amides is 2. The lowest BCUT2D eigenvalue weighted by Gasteiger charge is -2.21. The number of carbonyl (C=O) groups excluding carboxylic acids is 1. The molecule has 26 heavy (non-hydrogen) atoms. The molecule has 0 radical (unpaired) electrons. The highest BCUT2D eigenvalue weighted by Gasteiger charge is 2.17. The molecule has 2 aromatic carbocycles. The predicted molar refractivity (Wildman–Crippen MR) is 97.9 cm³/mol. The predicted octanol–water partition coefficient (Wildman–Crippen LogP) is 4.18. The third kappa shape index (κ3) is 4.32. The zero-order valence-electron chi connectivity index (χ0n) is 15.0. The van der Waals surface area contributed by atoms with Crippen LogP contribution in [0.1, 0.15) is 36.5 Å². The summed E-state index contributed by atoms with van der Waals surface area (Å²) in [6.07, 6.45) is 0.472. The fourth-order valence-corrected chi connectivity index (χ4v) is 3.03. The number of halogens is 1. The van der Waals surface area contributed by atoms with Gasteiger partial charge >= 0.3 is 6.03 Å². The Morgan fingerprint density at radius 3 is 2.88 bits per heavy atom. The van der Waals surface area contributed by atoms with Crippen LogP contribution in [0.25, 0.3) is 0 Å². The van der Waals surface area contributed by atoms with Gasteiger partial charge in [0.05, 0.1) is 6.61 Å². The smallest absolute Gasteiger partial charge is 0.319 e. The molecule has 138 valence electrons. The number of carbonyl (C=O) groups is 1. The zero-order valence-corrected chi connectivity index (χ0v) is 15.0. The Morgan fingerprint density at radius 1 is 1.27 bits per heavy atom. The number of rotatable bonds is 5. The van der Waals surface area contributed by atoms with E-state index in [1.165, 1.54) is 12.1 Å². The Kier molecular flexibility index (Phi) is 5.73. The van der Waals surface area contributed by atoms with E-state index in [1.54, 1.807) is 0 Å². The Morgan fingerprint density at radius 2 is 2.08 bits per heavy atom. The number of hydrogen-bond acceptors (Lipinski definition) is 3. The van der Waals surface area contributed by atoms with E-state index >= 15 is 0 Å². The maximum atomic E-state index is 13.7. The van der Waals surface area contributed by atoms with Crippen LogP contribution in [0.2, 0.25) is 0 Å². The van der Waals surface area contributed by atoms with Crippen LogP contribution in [0.4, 0.5) is 14.9 Å². The number of nitrogens with one attached hydrogen (secondary N) is 2. The second-order valence-electron chi connectivity index (χ2n) is 6.54. The summed E-state index contributed by atoms with van der Waals surface area (Å²) in [4.78, 5) is 12.2. The van der Waals surface area contributed by atoms with E-state index in [0.717, 1.165) is 16.8 Å². The molecule has 0 fully saturated rings. The molecule has 2 N–H and O–H groups in total. The van der Waals surface area contributed by atoms with Crippen molar-refractivity contribution in [3.63, 3.8) is 0 Å². The highest BCUT2D eigenvalue weighted by Crippen LogP contribution is 2.29. The highest BCUT2D eigenvalue weighted by molar-refractivity contribution is 5.90. The SMILES string of the molecule is CC(C)c1ccccc1NC(=O)NCCc1cc(F)cc2c1OCOC2. The van der Waals surface area contributed by atoms with Gasteiger partial charge in [0.2, 0.25) is 0 Å². The van der Waals surface area contributed by atoms with Gasteiger partial charge in [0.1, 0.15) is 11.6 Å². The van der Waals surface area contributed by atoms with Gasteiger partial charge in [-0.2, -0.15) is 0 Å². The Labute approximate surface area is 152 Å². The molecule has 0 aromatic heterocycles.